The summed E-state index contributed by atoms with van der Waals surface area (Å²) in [5.41, 5.74) is 4.25. The van der Waals surface area contributed by atoms with E-state index in [1.807, 2.05) is 84.5 Å². The van der Waals surface area contributed by atoms with Crippen molar-refractivity contribution < 1.29 is 9.59 Å². The molecule has 0 saturated carbocycles. The number of anilines is 1. The average Bonchev–Trinajstić information content (AvgIpc) is 3.08. The third-order valence-corrected chi connectivity index (χ3v) is 4.92. The van der Waals surface area contributed by atoms with Crippen LogP contribution in [0, 0.1) is 6.92 Å². The molecule has 3 aromatic carbocycles. The fraction of sp³-hybridized carbons (Fsp3) is 0.125. The molecule has 5 heteroatoms. The van der Waals surface area contributed by atoms with E-state index in [2.05, 4.69) is 10.4 Å². The Hall–Kier alpha value is -3.73. The number of carbonyl (C=O) groups excluding carboxylic acids is 2. The number of nitrogens with one attached hydrogen (secondary N) is 1. The van der Waals surface area contributed by atoms with Crippen molar-refractivity contribution in [1.82, 2.24) is 9.78 Å². The van der Waals surface area contributed by atoms with Crippen LogP contribution in [0.5, 0.6) is 0 Å². The summed E-state index contributed by atoms with van der Waals surface area (Å²) in [6.45, 7) is 2.51. The Balaban J connectivity index is 1.44. The van der Waals surface area contributed by atoms with Crippen LogP contribution in [0.1, 0.15) is 27.2 Å². The van der Waals surface area contributed by atoms with Gasteiger partial charge in [-0.25, -0.2) is 0 Å². The normalized spacial score (nSPS) is 10.8. The molecular formula is C24H21N3O2. The number of benzene rings is 3. The van der Waals surface area contributed by atoms with Crippen molar-refractivity contribution in [2.45, 2.75) is 19.9 Å². The Morgan fingerprint density at radius 2 is 1.79 bits per heavy atom. The van der Waals surface area contributed by atoms with Crippen LogP contribution in [0.15, 0.2) is 72.9 Å². The van der Waals surface area contributed by atoms with E-state index in [0.29, 0.717) is 18.5 Å². The number of aromatic nitrogens is 2. The molecule has 1 amide bonds. The third-order valence-electron chi connectivity index (χ3n) is 4.92. The largest absolute Gasteiger partial charge is 0.322 e. The summed E-state index contributed by atoms with van der Waals surface area (Å²) >= 11 is 0. The summed E-state index contributed by atoms with van der Waals surface area (Å²) < 4.78 is 1.83. The molecule has 0 aliphatic rings. The second-order valence-corrected chi connectivity index (χ2v) is 7.02. The number of aldehydes is 1. The van der Waals surface area contributed by atoms with E-state index in [9.17, 15) is 9.59 Å². The minimum absolute atomic E-state index is 0.135. The standard InChI is InChI=1S/C24H21N3O2/c1-17-22(12-13-28)16-27(26-17)15-18-6-10-23(11-7-18)25-24(29)21-9-8-19-4-2-3-5-20(19)14-21/h2-11,13-14,16H,12,15H2,1H3,(H,25,29). The van der Waals surface area contributed by atoms with Gasteiger partial charge in [0.2, 0.25) is 0 Å². The lowest BCUT2D eigenvalue weighted by Crippen LogP contribution is -2.11. The molecule has 1 heterocycles. The molecule has 0 fully saturated rings. The molecule has 1 aromatic heterocycles. The van der Waals surface area contributed by atoms with E-state index in [1.54, 1.807) is 0 Å². The Morgan fingerprint density at radius 3 is 2.55 bits per heavy atom. The van der Waals surface area contributed by atoms with Crippen LogP contribution in [-0.4, -0.2) is 22.0 Å². The Kier molecular flexibility index (Phi) is 5.20. The van der Waals surface area contributed by atoms with E-state index in [0.717, 1.165) is 39.6 Å². The van der Waals surface area contributed by atoms with Gasteiger partial charge in [0, 0.05) is 29.4 Å². The van der Waals surface area contributed by atoms with Crippen molar-refractivity contribution in [3.8, 4) is 0 Å². The van der Waals surface area contributed by atoms with Gasteiger partial charge in [-0.1, -0.05) is 42.5 Å². The Bertz CT molecular complexity index is 1180. The van der Waals surface area contributed by atoms with E-state index in [-0.39, 0.29) is 5.91 Å². The second kappa shape index (κ2) is 8.10. The van der Waals surface area contributed by atoms with Crippen LogP contribution in [-0.2, 0) is 17.8 Å². The minimum atomic E-state index is -0.135. The maximum absolute atomic E-state index is 12.6. The first kappa shape index (κ1) is 18.6. The molecule has 29 heavy (non-hydrogen) atoms. The molecule has 4 aromatic rings. The first-order valence-electron chi connectivity index (χ1n) is 9.48. The summed E-state index contributed by atoms with van der Waals surface area (Å²) in [6, 6.07) is 21.4. The van der Waals surface area contributed by atoms with Crippen molar-refractivity contribution in [3.05, 3.63) is 95.3 Å². The molecule has 0 spiro atoms. The van der Waals surface area contributed by atoms with Crippen molar-refractivity contribution >= 4 is 28.7 Å². The Morgan fingerprint density at radius 1 is 1.03 bits per heavy atom. The topological polar surface area (TPSA) is 64.0 Å². The minimum Gasteiger partial charge on any atom is -0.322 e. The van der Waals surface area contributed by atoms with E-state index >= 15 is 0 Å². The summed E-state index contributed by atoms with van der Waals surface area (Å²) in [4.78, 5) is 23.3. The number of fused-ring (bicyclic) bond motifs is 1. The molecule has 0 atom stereocenters. The van der Waals surface area contributed by atoms with Crippen molar-refractivity contribution in [2.75, 3.05) is 5.32 Å². The van der Waals surface area contributed by atoms with Crippen LogP contribution in [0.25, 0.3) is 10.8 Å². The summed E-state index contributed by atoms with van der Waals surface area (Å²) in [5.74, 6) is -0.135. The molecule has 0 aliphatic carbocycles. The number of aryl methyl sites for hydroxylation is 1. The second-order valence-electron chi connectivity index (χ2n) is 7.02. The van der Waals surface area contributed by atoms with Gasteiger partial charge >= 0.3 is 0 Å². The van der Waals surface area contributed by atoms with Gasteiger partial charge in [0.05, 0.1) is 12.2 Å². The highest BCUT2D eigenvalue weighted by Gasteiger charge is 2.08. The van der Waals surface area contributed by atoms with Crippen molar-refractivity contribution in [1.29, 1.82) is 0 Å². The monoisotopic (exact) mass is 383 g/mol. The first-order chi connectivity index (χ1) is 14.1. The lowest BCUT2D eigenvalue weighted by Gasteiger charge is -2.08. The molecule has 144 valence electrons. The molecule has 0 saturated heterocycles. The summed E-state index contributed by atoms with van der Waals surface area (Å²) in [6.07, 6.45) is 3.17. The molecule has 0 aliphatic heterocycles. The van der Waals surface area contributed by atoms with Gasteiger partial charge in [-0.05, 0) is 47.5 Å². The Labute approximate surface area is 169 Å². The first-order valence-corrected chi connectivity index (χ1v) is 9.48. The zero-order valence-electron chi connectivity index (χ0n) is 16.1. The summed E-state index contributed by atoms with van der Waals surface area (Å²) in [5, 5.41) is 9.54. The van der Waals surface area contributed by atoms with Crippen LogP contribution in [0.2, 0.25) is 0 Å². The van der Waals surface area contributed by atoms with Gasteiger partial charge < -0.3 is 10.1 Å². The lowest BCUT2D eigenvalue weighted by molar-refractivity contribution is -0.107. The van der Waals surface area contributed by atoms with Gasteiger partial charge in [0.1, 0.15) is 6.29 Å². The molecule has 0 radical (unpaired) electrons. The predicted molar refractivity (Wildman–Crippen MR) is 114 cm³/mol. The maximum Gasteiger partial charge on any atom is 0.255 e. The quantitative estimate of drug-likeness (QED) is 0.502. The molecule has 5 nitrogen and oxygen atoms in total. The smallest absolute Gasteiger partial charge is 0.255 e. The number of carbonyl (C=O) groups is 2. The number of amides is 1. The summed E-state index contributed by atoms with van der Waals surface area (Å²) in [7, 11) is 0. The lowest BCUT2D eigenvalue weighted by atomic mass is 10.1. The van der Waals surface area contributed by atoms with Gasteiger partial charge in [-0.15, -0.1) is 0 Å². The highest BCUT2D eigenvalue weighted by Crippen LogP contribution is 2.18. The van der Waals surface area contributed by atoms with E-state index < -0.39 is 0 Å². The number of hydrogen-bond acceptors (Lipinski definition) is 3. The van der Waals surface area contributed by atoms with Gasteiger partial charge in [0.15, 0.2) is 0 Å². The van der Waals surface area contributed by atoms with Crippen LogP contribution < -0.4 is 5.32 Å². The highest BCUT2D eigenvalue weighted by molar-refractivity contribution is 6.06. The van der Waals surface area contributed by atoms with Gasteiger partial charge in [-0.3, -0.25) is 9.48 Å². The zero-order chi connectivity index (χ0) is 20.2. The molecular weight excluding hydrogens is 362 g/mol. The fourth-order valence-electron chi connectivity index (χ4n) is 3.34. The van der Waals surface area contributed by atoms with Gasteiger partial charge in [-0.2, -0.15) is 5.10 Å². The molecule has 4 rings (SSSR count). The maximum atomic E-state index is 12.6. The van der Waals surface area contributed by atoms with Gasteiger partial charge in [0.25, 0.3) is 5.91 Å². The van der Waals surface area contributed by atoms with E-state index in [1.165, 1.54) is 0 Å². The fourth-order valence-corrected chi connectivity index (χ4v) is 3.34. The van der Waals surface area contributed by atoms with Crippen LogP contribution in [0.3, 0.4) is 0 Å². The number of rotatable bonds is 6. The van der Waals surface area contributed by atoms with Crippen molar-refractivity contribution in [2.24, 2.45) is 0 Å². The average molecular weight is 383 g/mol. The van der Waals surface area contributed by atoms with Crippen molar-refractivity contribution in [3.63, 3.8) is 0 Å². The zero-order valence-corrected chi connectivity index (χ0v) is 16.1. The van der Waals surface area contributed by atoms with Crippen LogP contribution >= 0.6 is 0 Å². The SMILES string of the molecule is Cc1nn(Cc2ccc(NC(=O)c3ccc4ccccc4c3)cc2)cc1CC=O. The molecule has 0 unspecified atom stereocenters. The number of hydrogen-bond donors (Lipinski definition) is 1. The van der Waals surface area contributed by atoms with E-state index in [4.69, 9.17) is 0 Å². The molecule has 0 bridgehead atoms. The number of nitrogens with zero attached hydrogens (tertiary/aromatic N) is 2. The molecule has 1 N–H and O–H groups in total. The van der Waals surface area contributed by atoms with Crippen LogP contribution in [0.4, 0.5) is 5.69 Å². The third kappa shape index (κ3) is 4.24. The predicted octanol–water partition coefficient (Wildman–Crippen LogP) is 4.39. The highest BCUT2D eigenvalue weighted by atomic mass is 16.1.